The van der Waals surface area contributed by atoms with Crippen LogP contribution in [0.25, 0.3) is 0 Å². The maximum atomic E-state index is 12.3. The normalized spacial score (nSPS) is 11.5. The molecule has 26 heavy (non-hydrogen) atoms. The Balaban J connectivity index is 1.66. The minimum atomic E-state index is -0.266. The van der Waals surface area contributed by atoms with E-state index in [1.54, 1.807) is 7.11 Å². The van der Waals surface area contributed by atoms with Crippen LogP contribution in [-0.4, -0.2) is 23.0 Å². The van der Waals surface area contributed by atoms with Gasteiger partial charge in [-0.15, -0.1) is 0 Å². The van der Waals surface area contributed by atoms with Crippen LogP contribution in [0, 0.1) is 0 Å². The lowest BCUT2D eigenvalue weighted by Gasteiger charge is -2.14. The number of anilines is 2. The van der Waals surface area contributed by atoms with Crippen molar-refractivity contribution < 1.29 is 9.53 Å². The third-order valence-electron chi connectivity index (χ3n) is 3.90. The van der Waals surface area contributed by atoms with Crippen molar-refractivity contribution >= 4 is 17.4 Å². The number of carbonyl (C=O) groups excluding carboxylic acids is 1. The zero-order valence-corrected chi connectivity index (χ0v) is 14.6. The average molecular weight is 348 g/mol. The molecule has 1 heterocycles. The van der Waals surface area contributed by atoms with Crippen LogP contribution in [0.1, 0.15) is 29.0 Å². The predicted octanol–water partition coefficient (Wildman–Crippen LogP) is 3.72. The highest BCUT2D eigenvalue weighted by molar-refractivity contribution is 5.92. The van der Waals surface area contributed by atoms with Gasteiger partial charge in [0.15, 0.2) is 0 Å². The van der Waals surface area contributed by atoms with Gasteiger partial charge in [-0.25, -0.2) is 9.97 Å². The van der Waals surface area contributed by atoms with Crippen LogP contribution < -0.4 is 15.4 Å². The highest BCUT2D eigenvalue weighted by atomic mass is 16.5. The Morgan fingerprint density at radius 3 is 2.42 bits per heavy atom. The second-order valence-electron chi connectivity index (χ2n) is 5.72. The van der Waals surface area contributed by atoms with Crippen molar-refractivity contribution in [3.8, 4) is 5.75 Å². The second kappa shape index (κ2) is 8.11. The zero-order chi connectivity index (χ0) is 18.4. The molecule has 0 radical (unpaired) electrons. The maximum absolute atomic E-state index is 12.3. The van der Waals surface area contributed by atoms with E-state index in [2.05, 4.69) is 20.6 Å². The number of nitrogens with zero attached hydrogens (tertiary/aromatic N) is 2. The number of hydrogen-bond donors (Lipinski definition) is 2. The molecule has 1 aromatic heterocycles. The number of methoxy groups -OCH3 is 1. The summed E-state index contributed by atoms with van der Waals surface area (Å²) in [5.74, 6) is 0.965. The van der Waals surface area contributed by atoms with Crippen LogP contribution in [0.4, 0.5) is 11.5 Å². The highest BCUT2D eigenvalue weighted by Gasteiger charge is 2.13. The molecule has 0 fully saturated rings. The number of amides is 1. The van der Waals surface area contributed by atoms with Crippen molar-refractivity contribution in [3.63, 3.8) is 0 Å². The minimum Gasteiger partial charge on any atom is -0.495 e. The van der Waals surface area contributed by atoms with Gasteiger partial charge in [0.05, 0.1) is 31.2 Å². The number of benzene rings is 2. The minimum absolute atomic E-state index is 0.114. The molecular formula is C20H20N4O2. The van der Waals surface area contributed by atoms with Gasteiger partial charge < -0.3 is 15.4 Å². The second-order valence-corrected chi connectivity index (χ2v) is 5.72. The number of para-hydroxylation sites is 2. The smallest absolute Gasteiger partial charge is 0.271 e. The van der Waals surface area contributed by atoms with Crippen LogP contribution in [-0.2, 0) is 0 Å². The summed E-state index contributed by atoms with van der Waals surface area (Å²) in [6, 6.07) is 17.2. The van der Waals surface area contributed by atoms with Gasteiger partial charge in [0, 0.05) is 0 Å². The molecule has 0 aliphatic rings. The topological polar surface area (TPSA) is 76.1 Å². The Morgan fingerprint density at radius 1 is 1.00 bits per heavy atom. The van der Waals surface area contributed by atoms with Crippen molar-refractivity contribution in [1.82, 2.24) is 15.3 Å². The quantitative estimate of drug-likeness (QED) is 0.710. The molecule has 132 valence electrons. The van der Waals surface area contributed by atoms with E-state index in [0.29, 0.717) is 11.6 Å². The lowest BCUT2D eigenvalue weighted by molar-refractivity contribution is 0.0934. The first kappa shape index (κ1) is 17.4. The number of aromatic nitrogens is 2. The molecule has 0 saturated heterocycles. The van der Waals surface area contributed by atoms with Gasteiger partial charge in [0.2, 0.25) is 0 Å². The SMILES string of the molecule is COc1ccccc1Nc1cnc(C(=O)NC(C)c2ccccc2)cn1. The zero-order valence-electron chi connectivity index (χ0n) is 14.6. The molecule has 0 spiro atoms. The standard InChI is InChI=1S/C20H20N4O2/c1-14(15-8-4-3-5-9-15)23-20(25)17-12-22-19(13-21-17)24-16-10-6-7-11-18(16)26-2/h3-14H,1-2H3,(H,22,24)(H,23,25). The summed E-state index contributed by atoms with van der Waals surface area (Å²) in [4.78, 5) is 20.8. The lowest BCUT2D eigenvalue weighted by atomic mass is 10.1. The molecule has 2 N–H and O–H groups in total. The fourth-order valence-electron chi connectivity index (χ4n) is 2.49. The van der Waals surface area contributed by atoms with Gasteiger partial charge in [0.25, 0.3) is 5.91 Å². The van der Waals surface area contributed by atoms with Crippen molar-refractivity contribution in [2.24, 2.45) is 0 Å². The number of carbonyl (C=O) groups is 1. The Morgan fingerprint density at radius 2 is 1.73 bits per heavy atom. The molecule has 1 atom stereocenters. The number of hydrogen-bond acceptors (Lipinski definition) is 5. The fourth-order valence-corrected chi connectivity index (χ4v) is 2.49. The van der Waals surface area contributed by atoms with E-state index in [0.717, 1.165) is 11.3 Å². The molecule has 2 aromatic carbocycles. The molecule has 6 heteroatoms. The summed E-state index contributed by atoms with van der Waals surface area (Å²) in [5, 5.41) is 6.04. The van der Waals surface area contributed by atoms with Gasteiger partial charge in [-0.1, -0.05) is 42.5 Å². The van der Waals surface area contributed by atoms with Crippen molar-refractivity contribution in [2.45, 2.75) is 13.0 Å². The number of nitrogens with one attached hydrogen (secondary N) is 2. The summed E-state index contributed by atoms with van der Waals surface area (Å²) in [6.07, 6.45) is 2.97. The summed E-state index contributed by atoms with van der Waals surface area (Å²) >= 11 is 0. The summed E-state index contributed by atoms with van der Waals surface area (Å²) in [6.45, 7) is 1.93. The van der Waals surface area contributed by atoms with Gasteiger partial charge in [-0.3, -0.25) is 4.79 Å². The first-order valence-corrected chi connectivity index (χ1v) is 8.25. The fraction of sp³-hybridized carbons (Fsp3) is 0.150. The molecule has 0 aliphatic carbocycles. The Hall–Kier alpha value is -3.41. The van der Waals surface area contributed by atoms with E-state index in [4.69, 9.17) is 4.74 Å². The summed E-state index contributed by atoms with van der Waals surface area (Å²) < 4.78 is 5.29. The van der Waals surface area contributed by atoms with E-state index in [1.807, 2.05) is 61.5 Å². The van der Waals surface area contributed by atoms with Gasteiger partial charge in [-0.2, -0.15) is 0 Å². The van der Waals surface area contributed by atoms with E-state index in [1.165, 1.54) is 12.4 Å². The average Bonchev–Trinajstić information content (AvgIpc) is 2.69. The molecule has 0 saturated carbocycles. The van der Waals surface area contributed by atoms with Gasteiger partial charge in [0.1, 0.15) is 17.3 Å². The van der Waals surface area contributed by atoms with Crippen LogP contribution in [0.3, 0.4) is 0 Å². The molecular weight excluding hydrogens is 328 g/mol. The predicted molar refractivity (Wildman–Crippen MR) is 101 cm³/mol. The summed E-state index contributed by atoms with van der Waals surface area (Å²) in [5.41, 5.74) is 2.07. The van der Waals surface area contributed by atoms with Crippen LogP contribution in [0.2, 0.25) is 0 Å². The van der Waals surface area contributed by atoms with Crippen LogP contribution in [0.15, 0.2) is 67.0 Å². The highest BCUT2D eigenvalue weighted by Crippen LogP contribution is 2.25. The number of ether oxygens (including phenoxy) is 1. The first-order chi connectivity index (χ1) is 12.7. The first-order valence-electron chi connectivity index (χ1n) is 8.25. The molecule has 0 aliphatic heterocycles. The van der Waals surface area contributed by atoms with Gasteiger partial charge >= 0.3 is 0 Å². The molecule has 1 unspecified atom stereocenters. The Bertz CT molecular complexity index is 866. The molecule has 0 bridgehead atoms. The Labute approximate surface area is 152 Å². The van der Waals surface area contributed by atoms with E-state index in [9.17, 15) is 4.79 Å². The van der Waals surface area contributed by atoms with E-state index < -0.39 is 0 Å². The monoisotopic (exact) mass is 348 g/mol. The third-order valence-corrected chi connectivity index (χ3v) is 3.90. The van der Waals surface area contributed by atoms with Crippen LogP contribution >= 0.6 is 0 Å². The molecule has 3 rings (SSSR count). The third kappa shape index (κ3) is 4.16. The summed E-state index contributed by atoms with van der Waals surface area (Å²) in [7, 11) is 1.60. The number of rotatable bonds is 6. The van der Waals surface area contributed by atoms with Gasteiger partial charge in [-0.05, 0) is 24.6 Å². The molecule has 3 aromatic rings. The van der Waals surface area contributed by atoms with Crippen molar-refractivity contribution in [3.05, 3.63) is 78.2 Å². The van der Waals surface area contributed by atoms with E-state index >= 15 is 0 Å². The van der Waals surface area contributed by atoms with Crippen LogP contribution in [0.5, 0.6) is 5.75 Å². The van der Waals surface area contributed by atoms with Crippen molar-refractivity contribution in [1.29, 1.82) is 0 Å². The largest absolute Gasteiger partial charge is 0.495 e. The molecule has 6 nitrogen and oxygen atoms in total. The maximum Gasteiger partial charge on any atom is 0.271 e. The Kier molecular flexibility index (Phi) is 5.43. The molecule has 1 amide bonds. The van der Waals surface area contributed by atoms with E-state index in [-0.39, 0.29) is 17.6 Å². The van der Waals surface area contributed by atoms with Crippen molar-refractivity contribution in [2.75, 3.05) is 12.4 Å². The lowest BCUT2D eigenvalue weighted by Crippen LogP contribution is -2.27.